The fourth-order valence-electron chi connectivity index (χ4n) is 3.76. The van der Waals surface area contributed by atoms with Crippen LogP contribution >= 0.6 is 11.6 Å². The molecule has 1 aromatic carbocycles. The lowest BCUT2D eigenvalue weighted by molar-refractivity contribution is 0.0698. The quantitative estimate of drug-likeness (QED) is 0.353. The molecule has 1 saturated heterocycles. The lowest BCUT2D eigenvalue weighted by atomic mass is 9.85. The number of nitrogens with zero attached hydrogens (tertiary/aromatic N) is 2. The normalized spacial score (nSPS) is 20.9. The SMILES string of the molecule is CN=C(NCCCOCCOC)NCC1CCCN(C)C1c1cccc(Cl)c1. The van der Waals surface area contributed by atoms with E-state index in [9.17, 15) is 0 Å². The van der Waals surface area contributed by atoms with Crippen molar-refractivity contribution in [1.29, 1.82) is 0 Å². The molecule has 6 nitrogen and oxygen atoms in total. The van der Waals surface area contributed by atoms with Gasteiger partial charge in [-0.25, -0.2) is 0 Å². The Morgan fingerprint density at radius 2 is 2.14 bits per heavy atom. The predicted octanol–water partition coefficient (Wildman–Crippen LogP) is 2.94. The number of nitrogens with one attached hydrogen (secondary N) is 2. The molecule has 2 atom stereocenters. The number of rotatable bonds is 10. The molecule has 0 bridgehead atoms. The zero-order chi connectivity index (χ0) is 20.2. The van der Waals surface area contributed by atoms with Gasteiger partial charge in [-0.15, -0.1) is 0 Å². The van der Waals surface area contributed by atoms with Crippen LogP contribution in [0.5, 0.6) is 0 Å². The summed E-state index contributed by atoms with van der Waals surface area (Å²) in [6, 6.07) is 8.62. The summed E-state index contributed by atoms with van der Waals surface area (Å²) in [7, 11) is 5.70. The lowest BCUT2D eigenvalue weighted by Crippen LogP contribution is -2.45. The zero-order valence-corrected chi connectivity index (χ0v) is 18.2. The molecule has 1 aliphatic rings. The molecule has 2 unspecified atom stereocenters. The van der Waals surface area contributed by atoms with E-state index in [1.165, 1.54) is 18.4 Å². The topological polar surface area (TPSA) is 58.1 Å². The Morgan fingerprint density at radius 1 is 1.29 bits per heavy atom. The van der Waals surface area contributed by atoms with Crippen LogP contribution in [0.1, 0.15) is 30.9 Å². The molecule has 1 aromatic rings. The van der Waals surface area contributed by atoms with Gasteiger partial charge in [0.25, 0.3) is 0 Å². The van der Waals surface area contributed by atoms with Crippen molar-refractivity contribution in [3.8, 4) is 0 Å². The third-order valence-electron chi connectivity index (χ3n) is 5.14. The Balaban J connectivity index is 1.81. The minimum absolute atomic E-state index is 0.368. The molecule has 2 rings (SSSR count). The van der Waals surface area contributed by atoms with Crippen molar-refractivity contribution in [3.05, 3.63) is 34.9 Å². The molecule has 0 aliphatic carbocycles. The minimum atomic E-state index is 0.368. The first kappa shape index (κ1) is 22.9. The highest BCUT2D eigenvalue weighted by Crippen LogP contribution is 2.35. The Bertz CT molecular complexity index is 600. The molecule has 1 aliphatic heterocycles. The molecule has 0 radical (unpaired) electrons. The number of likely N-dealkylation sites (tertiary alicyclic amines) is 1. The average Bonchev–Trinajstić information content (AvgIpc) is 2.69. The van der Waals surface area contributed by atoms with Gasteiger partial charge >= 0.3 is 0 Å². The number of ether oxygens (including phenoxy) is 2. The molecule has 28 heavy (non-hydrogen) atoms. The molecule has 2 N–H and O–H groups in total. The first-order chi connectivity index (χ1) is 13.7. The maximum atomic E-state index is 6.24. The van der Waals surface area contributed by atoms with Gasteiger partial charge < -0.3 is 20.1 Å². The summed E-state index contributed by atoms with van der Waals surface area (Å²) < 4.78 is 10.5. The zero-order valence-electron chi connectivity index (χ0n) is 17.4. The Kier molecular flexibility index (Phi) is 10.6. The van der Waals surface area contributed by atoms with Crippen molar-refractivity contribution in [2.75, 3.05) is 60.7 Å². The molecular formula is C21H35ClN4O2. The number of hydrogen-bond donors (Lipinski definition) is 2. The van der Waals surface area contributed by atoms with E-state index in [-0.39, 0.29) is 0 Å². The molecule has 7 heteroatoms. The summed E-state index contributed by atoms with van der Waals surface area (Å²) >= 11 is 6.24. The number of piperidine rings is 1. The largest absolute Gasteiger partial charge is 0.382 e. The molecule has 158 valence electrons. The summed E-state index contributed by atoms with van der Waals surface area (Å²) in [5, 5.41) is 7.67. The van der Waals surface area contributed by atoms with E-state index in [0.717, 1.165) is 43.6 Å². The molecule has 0 aromatic heterocycles. The third kappa shape index (κ3) is 7.59. The van der Waals surface area contributed by atoms with Gasteiger partial charge in [0.15, 0.2) is 5.96 Å². The van der Waals surface area contributed by atoms with Gasteiger partial charge in [0.05, 0.1) is 13.2 Å². The van der Waals surface area contributed by atoms with E-state index >= 15 is 0 Å². The molecule has 0 amide bonds. The summed E-state index contributed by atoms with van der Waals surface area (Å²) in [6.07, 6.45) is 3.34. The third-order valence-corrected chi connectivity index (χ3v) is 5.38. The van der Waals surface area contributed by atoms with E-state index in [0.29, 0.717) is 25.2 Å². The maximum absolute atomic E-state index is 6.24. The van der Waals surface area contributed by atoms with E-state index in [1.54, 1.807) is 7.11 Å². The van der Waals surface area contributed by atoms with Crippen LogP contribution in [0.25, 0.3) is 0 Å². The number of aliphatic imine (C=N–C) groups is 1. The number of methoxy groups -OCH3 is 1. The van der Waals surface area contributed by atoms with Gasteiger partial charge in [-0.3, -0.25) is 9.89 Å². The van der Waals surface area contributed by atoms with E-state index in [1.807, 2.05) is 19.2 Å². The molecular weight excluding hydrogens is 376 g/mol. The molecule has 1 heterocycles. The van der Waals surface area contributed by atoms with Gasteiger partial charge in [0.1, 0.15) is 0 Å². The number of halogens is 1. The standard InChI is InChI=1S/C21H35ClN4O2/c1-23-21(24-10-6-12-28-14-13-27-3)25-16-18-8-5-11-26(2)20(18)17-7-4-9-19(22)15-17/h4,7,9,15,18,20H,5-6,8,10-14,16H2,1-3H3,(H2,23,24,25). The smallest absolute Gasteiger partial charge is 0.190 e. The Labute approximate surface area is 174 Å². The first-order valence-corrected chi connectivity index (χ1v) is 10.5. The second-order valence-corrected chi connectivity index (χ2v) is 7.66. The highest BCUT2D eigenvalue weighted by Gasteiger charge is 2.30. The summed E-state index contributed by atoms with van der Waals surface area (Å²) in [5.41, 5.74) is 1.29. The van der Waals surface area contributed by atoms with Crippen LogP contribution in [0.3, 0.4) is 0 Å². The van der Waals surface area contributed by atoms with Gasteiger partial charge in [0, 0.05) is 44.9 Å². The van der Waals surface area contributed by atoms with E-state index in [4.69, 9.17) is 21.1 Å². The predicted molar refractivity (Wildman–Crippen MR) is 116 cm³/mol. The fraction of sp³-hybridized carbons (Fsp3) is 0.667. The second-order valence-electron chi connectivity index (χ2n) is 7.22. The minimum Gasteiger partial charge on any atom is -0.382 e. The Hall–Kier alpha value is -1.34. The monoisotopic (exact) mass is 410 g/mol. The lowest BCUT2D eigenvalue weighted by Gasteiger charge is -2.40. The van der Waals surface area contributed by atoms with Gasteiger partial charge in [-0.1, -0.05) is 23.7 Å². The van der Waals surface area contributed by atoms with Crippen molar-refractivity contribution in [2.45, 2.75) is 25.3 Å². The van der Waals surface area contributed by atoms with Crippen LogP contribution in [-0.4, -0.2) is 71.5 Å². The summed E-state index contributed by atoms with van der Waals surface area (Å²) in [4.78, 5) is 6.79. The Morgan fingerprint density at radius 3 is 2.89 bits per heavy atom. The van der Waals surface area contributed by atoms with Gasteiger partial charge in [-0.2, -0.15) is 0 Å². The average molecular weight is 411 g/mol. The molecule has 0 saturated carbocycles. The van der Waals surface area contributed by atoms with Crippen molar-refractivity contribution < 1.29 is 9.47 Å². The fourth-order valence-corrected chi connectivity index (χ4v) is 3.96. The number of hydrogen-bond acceptors (Lipinski definition) is 4. The summed E-state index contributed by atoms with van der Waals surface area (Å²) in [5.74, 6) is 1.35. The van der Waals surface area contributed by atoms with Gasteiger partial charge in [0.2, 0.25) is 0 Å². The van der Waals surface area contributed by atoms with Crippen LogP contribution in [0.15, 0.2) is 29.3 Å². The van der Waals surface area contributed by atoms with Crippen molar-refractivity contribution >= 4 is 17.6 Å². The van der Waals surface area contributed by atoms with Crippen LogP contribution in [0.2, 0.25) is 5.02 Å². The van der Waals surface area contributed by atoms with Crippen molar-refractivity contribution in [2.24, 2.45) is 10.9 Å². The highest BCUT2D eigenvalue weighted by atomic mass is 35.5. The molecule has 0 spiro atoms. The van der Waals surface area contributed by atoms with E-state index < -0.39 is 0 Å². The summed E-state index contributed by atoms with van der Waals surface area (Å²) in [6.45, 7) is 4.83. The van der Waals surface area contributed by atoms with E-state index in [2.05, 4.69) is 39.7 Å². The van der Waals surface area contributed by atoms with Crippen molar-refractivity contribution in [3.63, 3.8) is 0 Å². The van der Waals surface area contributed by atoms with Gasteiger partial charge in [-0.05, 0) is 56.5 Å². The number of benzene rings is 1. The second kappa shape index (κ2) is 13.0. The first-order valence-electron chi connectivity index (χ1n) is 10.1. The highest BCUT2D eigenvalue weighted by molar-refractivity contribution is 6.30. The van der Waals surface area contributed by atoms with Crippen LogP contribution in [0.4, 0.5) is 0 Å². The van der Waals surface area contributed by atoms with Crippen LogP contribution in [0, 0.1) is 5.92 Å². The van der Waals surface area contributed by atoms with Crippen LogP contribution < -0.4 is 10.6 Å². The maximum Gasteiger partial charge on any atom is 0.190 e. The number of guanidine groups is 1. The van der Waals surface area contributed by atoms with Crippen LogP contribution in [-0.2, 0) is 9.47 Å². The molecule has 1 fully saturated rings. The van der Waals surface area contributed by atoms with Crippen molar-refractivity contribution in [1.82, 2.24) is 15.5 Å².